The van der Waals surface area contributed by atoms with Crippen LogP contribution in [0.25, 0.3) is 0 Å². The van der Waals surface area contributed by atoms with Crippen LogP contribution in [-0.4, -0.2) is 11.9 Å². The van der Waals surface area contributed by atoms with Crippen LogP contribution in [0.5, 0.6) is 0 Å². The van der Waals surface area contributed by atoms with Crippen molar-refractivity contribution in [2.45, 2.75) is 33.0 Å². The number of ether oxygens (including phenoxy) is 1. The molecular weight excluding hydrogens is 207 g/mol. The summed E-state index contributed by atoms with van der Waals surface area (Å²) in [6.07, 6.45) is -0.544. The van der Waals surface area contributed by atoms with Crippen molar-refractivity contribution in [1.82, 2.24) is 0 Å². The predicted octanol–water partition coefficient (Wildman–Crippen LogP) is 2.88. The van der Waals surface area contributed by atoms with Crippen LogP contribution < -0.4 is 0 Å². The molecule has 2 nitrogen and oxygen atoms in total. The SMILES string of the molecule is CC(C)(C)C(=O)[C@@H]1O[C@H]1c1ccc(F)cc1. The second-order valence-corrected chi connectivity index (χ2v) is 5.14. The van der Waals surface area contributed by atoms with Gasteiger partial charge in [0.2, 0.25) is 0 Å². The number of halogens is 1. The maximum atomic E-state index is 12.7. The number of carbonyl (C=O) groups excluding carboxylic acids is 1. The molecule has 16 heavy (non-hydrogen) atoms. The Balaban J connectivity index is 2.07. The fraction of sp³-hybridized carbons (Fsp3) is 0.462. The Morgan fingerprint density at radius 3 is 2.31 bits per heavy atom. The van der Waals surface area contributed by atoms with Gasteiger partial charge >= 0.3 is 0 Å². The van der Waals surface area contributed by atoms with Gasteiger partial charge in [0.05, 0.1) is 0 Å². The lowest BCUT2D eigenvalue weighted by Crippen LogP contribution is -2.25. The van der Waals surface area contributed by atoms with Crippen molar-refractivity contribution in [2.75, 3.05) is 0 Å². The molecule has 1 aromatic rings. The van der Waals surface area contributed by atoms with Gasteiger partial charge in [-0.2, -0.15) is 0 Å². The highest BCUT2D eigenvalue weighted by atomic mass is 19.1. The van der Waals surface area contributed by atoms with Crippen LogP contribution in [0.3, 0.4) is 0 Å². The highest BCUT2D eigenvalue weighted by molar-refractivity contribution is 5.90. The minimum atomic E-state index is -0.389. The average molecular weight is 222 g/mol. The van der Waals surface area contributed by atoms with Gasteiger partial charge in [-0.3, -0.25) is 4.79 Å². The molecule has 0 amide bonds. The van der Waals surface area contributed by atoms with E-state index in [9.17, 15) is 9.18 Å². The molecular formula is C13H15FO2. The molecule has 3 heteroatoms. The summed E-state index contributed by atoms with van der Waals surface area (Å²) in [6.45, 7) is 5.62. The van der Waals surface area contributed by atoms with Gasteiger partial charge in [-0.25, -0.2) is 4.39 Å². The largest absolute Gasteiger partial charge is 0.356 e. The average Bonchev–Trinajstić information content (AvgIpc) is 2.96. The van der Waals surface area contributed by atoms with Gasteiger partial charge in [-0.1, -0.05) is 32.9 Å². The van der Waals surface area contributed by atoms with Crippen LogP contribution >= 0.6 is 0 Å². The number of hydrogen-bond acceptors (Lipinski definition) is 2. The molecule has 1 saturated heterocycles. The van der Waals surface area contributed by atoms with Gasteiger partial charge in [0.15, 0.2) is 5.78 Å². The zero-order chi connectivity index (χ0) is 11.9. The first kappa shape index (κ1) is 11.3. The third-order valence-electron chi connectivity index (χ3n) is 2.69. The smallest absolute Gasteiger partial charge is 0.169 e. The van der Waals surface area contributed by atoms with E-state index in [0.717, 1.165) is 5.56 Å². The molecule has 2 atom stereocenters. The number of Topliss-reactive ketones (excluding diaryl/α,β-unsaturated/α-hetero) is 1. The summed E-state index contributed by atoms with van der Waals surface area (Å²) in [4.78, 5) is 11.9. The number of benzene rings is 1. The lowest BCUT2D eigenvalue weighted by molar-refractivity contribution is -0.127. The molecule has 0 bridgehead atoms. The molecule has 0 radical (unpaired) electrons. The quantitative estimate of drug-likeness (QED) is 0.720. The van der Waals surface area contributed by atoms with Crippen molar-refractivity contribution < 1.29 is 13.9 Å². The van der Waals surface area contributed by atoms with Crippen molar-refractivity contribution in [3.8, 4) is 0 Å². The van der Waals surface area contributed by atoms with E-state index in [1.54, 1.807) is 12.1 Å². The Hall–Kier alpha value is -1.22. The molecule has 86 valence electrons. The van der Waals surface area contributed by atoms with Crippen molar-refractivity contribution >= 4 is 5.78 Å². The van der Waals surface area contributed by atoms with Gasteiger partial charge in [0.1, 0.15) is 18.0 Å². The molecule has 1 aromatic carbocycles. The first-order valence-corrected chi connectivity index (χ1v) is 5.35. The van der Waals surface area contributed by atoms with Gasteiger partial charge in [-0.05, 0) is 17.7 Å². The van der Waals surface area contributed by atoms with Gasteiger partial charge in [-0.15, -0.1) is 0 Å². The molecule has 1 heterocycles. The van der Waals surface area contributed by atoms with E-state index in [-0.39, 0.29) is 29.2 Å². The van der Waals surface area contributed by atoms with Gasteiger partial charge < -0.3 is 4.74 Å². The third kappa shape index (κ3) is 2.14. The van der Waals surface area contributed by atoms with E-state index in [1.807, 2.05) is 20.8 Å². The third-order valence-corrected chi connectivity index (χ3v) is 2.69. The molecule has 2 rings (SSSR count). The first-order valence-electron chi connectivity index (χ1n) is 5.35. The lowest BCUT2D eigenvalue weighted by Gasteiger charge is -2.14. The van der Waals surface area contributed by atoms with Crippen LogP contribution in [0.1, 0.15) is 32.4 Å². The normalized spacial score (nSPS) is 24.2. The molecule has 1 aliphatic rings. The summed E-state index contributed by atoms with van der Waals surface area (Å²) >= 11 is 0. The van der Waals surface area contributed by atoms with Crippen LogP contribution in [0.4, 0.5) is 4.39 Å². The maximum Gasteiger partial charge on any atom is 0.169 e. The Morgan fingerprint density at radius 1 is 1.25 bits per heavy atom. The highest BCUT2D eigenvalue weighted by Gasteiger charge is 2.49. The Bertz CT molecular complexity index is 403. The first-order chi connectivity index (χ1) is 7.39. The summed E-state index contributed by atoms with van der Waals surface area (Å²) in [5.74, 6) is -0.176. The van der Waals surface area contributed by atoms with E-state index in [1.165, 1.54) is 12.1 Å². The molecule has 0 aromatic heterocycles. The molecule has 0 aliphatic carbocycles. The monoisotopic (exact) mass is 222 g/mol. The Kier molecular flexibility index (Phi) is 2.58. The molecule has 1 aliphatic heterocycles. The zero-order valence-corrected chi connectivity index (χ0v) is 9.66. The topological polar surface area (TPSA) is 29.6 Å². The minimum absolute atomic E-state index is 0.0989. The van der Waals surface area contributed by atoms with Gasteiger partial charge in [0.25, 0.3) is 0 Å². The lowest BCUT2D eigenvalue weighted by atomic mass is 9.87. The van der Waals surface area contributed by atoms with Crippen LogP contribution in [0, 0.1) is 11.2 Å². The maximum absolute atomic E-state index is 12.7. The Morgan fingerprint density at radius 2 is 1.81 bits per heavy atom. The standard InChI is InChI=1S/C13H15FO2/c1-13(2,3)12(15)11-10(16-11)8-4-6-9(14)7-5-8/h4-7,10-11H,1-3H3/t10-,11+/m0/s1. The van der Waals surface area contributed by atoms with Crippen LogP contribution in [0.15, 0.2) is 24.3 Å². The van der Waals surface area contributed by atoms with E-state index < -0.39 is 0 Å². The predicted molar refractivity (Wildman–Crippen MR) is 58.5 cm³/mol. The van der Waals surface area contributed by atoms with E-state index in [4.69, 9.17) is 4.74 Å². The van der Waals surface area contributed by atoms with E-state index in [2.05, 4.69) is 0 Å². The molecule has 0 unspecified atom stereocenters. The van der Waals surface area contributed by atoms with E-state index in [0.29, 0.717) is 0 Å². The van der Waals surface area contributed by atoms with Gasteiger partial charge in [0, 0.05) is 5.41 Å². The van der Waals surface area contributed by atoms with E-state index >= 15 is 0 Å². The summed E-state index contributed by atoms with van der Waals surface area (Å²) < 4.78 is 18.1. The number of rotatable bonds is 2. The van der Waals surface area contributed by atoms with Crippen molar-refractivity contribution in [3.63, 3.8) is 0 Å². The summed E-state index contributed by atoms with van der Waals surface area (Å²) in [7, 11) is 0. The number of carbonyl (C=O) groups is 1. The second-order valence-electron chi connectivity index (χ2n) is 5.14. The Labute approximate surface area is 94.4 Å². The minimum Gasteiger partial charge on any atom is -0.356 e. The van der Waals surface area contributed by atoms with Crippen LogP contribution in [-0.2, 0) is 9.53 Å². The summed E-state index contributed by atoms with van der Waals surface area (Å²) in [6, 6.07) is 6.09. The highest BCUT2D eigenvalue weighted by Crippen LogP contribution is 2.42. The van der Waals surface area contributed by atoms with Crippen LogP contribution in [0.2, 0.25) is 0 Å². The summed E-state index contributed by atoms with van der Waals surface area (Å²) in [5, 5.41) is 0. The van der Waals surface area contributed by atoms with Crippen molar-refractivity contribution in [3.05, 3.63) is 35.6 Å². The summed E-state index contributed by atoms with van der Waals surface area (Å²) in [5.41, 5.74) is 0.475. The van der Waals surface area contributed by atoms with Crippen molar-refractivity contribution in [2.24, 2.45) is 5.41 Å². The molecule has 0 saturated carbocycles. The molecule has 1 fully saturated rings. The van der Waals surface area contributed by atoms with Crippen molar-refractivity contribution in [1.29, 1.82) is 0 Å². The molecule has 0 spiro atoms. The number of ketones is 1. The zero-order valence-electron chi connectivity index (χ0n) is 9.66. The second kappa shape index (κ2) is 3.67. The fourth-order valence-electron chi connectivity index (χ4n) is 1.64. The number of epoxide rings is 1. The number of hydrogen-bond donors (Lipinski definition) is 0. The molecule has 0 N–H and O–H groups in total. The fourth-order valence-corrected chi connectivity index (χ4v) is 1.64.